The van der Waals surface area contributed by atoms with Crippen molar-refractivity contribution < 1.29 is 23.1 Å². The van der Waals surface area contributed by atoms with E-state index in [9.17, 15) is 23.1 Å². The first kappa shape index (κ1) is 16.3. The number of anilines is 1. The van der Waals surface area contributed by atoms with Crippen molar-refractivity contribution in [3.8, 4) is 0 Å². The topological polar surface area (TPSA) is 43.8 Å². The zero-order valence-electron chi connectivity index (χ0n) is 12.6. The number of hydrogen-bond donors (Lipinski definition) is 1. The number of rotatable bonds is 2. The Balaban J connectivity index is 1.65. The molecule has 1 unspecified atom stereocenters. The van der Waals surface area contributed by atoms with E-state index in [4.69, 9.17) is 0 Å². The van der Waals surface area contributed by atoms with Crippen molar-refractivity contribution in [2.45, 2.75) is 37.1 Å². The molecule has 3 rings (SSSR count). The van der Waals surface area contributed by atoms with Gasteiger partial charge in [-0.25, -0.2) is 0 Å². The highest BCUT2D eigenvalue weighted by atomic mass is 19.4. The number of carbonyl (C=O) groups excluding carboxylic acids is 1. The molecule has 2 saturated heterocycles. The number of halogens is 3. The molecular weight excluding hydrogens is 309 g/mol. The lowest BCUT2D eigenvalue weighted by Gasteiger charge is -2.40. The van der Waals surface area contributed by atoms with Gasteiger partial charge < -0.3 is 10.0 Å². The summed E-state index contributed by atoms with van der Waals surface area (Å²) in [7, 11) is 0. The number of hydrogen-bond acceptors (Lipinski definition) is 3. The fraction of sp³-hybridized carbons (Fsp3) is 0.562. The Morgan fingerprint density at radius 1 is 1.09 bits per heavy atom. The minimum Gasteiger partial charge on any atom is -0.380 e. The maximum Gasteiger partial charge on any atom is 0.417 e. The van der Waals surface area contributed by atoms with Crippen molar-refractivity contribution in [2.75, 3.05) is 24.5 Å². The van der Waals surface area contributed by atoms with E-state index in [1.165, 1.54) is 0 Å². The van der Waals surface area contributed by atoms with Crippen molar-refractivity contribution in [3.63, 3.8) is 0 Å². The first-order valence-corrected chi connectivity index (χ1v) is 7.71. The Hall–Kier alpha value is -1.60. The molecule has 1 N–H and O–H groups in total. The fourth-order valence-corrected chi connectivity index (χ4v) is 3.36. The molecule has 1 aromatic carbocycles. The normalized spacial score (nSPS) is 25.8. The molecule has 2 aliphatic rings. The van der Waals surface area contributed by atoms with Gasteiger partial charge in [-0.05, 0) is 31.4 Å². The SMILES string of the molecule is O=C1C(N2CCC(O)(C(F)(F)F)CC2)CCN1c1ccccc1. The zero-order chi connectivity index (χ0) is 16.7. The standard InChI is InChI=1S/C16H19F3N2O2/c17-16(18,19)15(23)7-10-20(11-8-15)13-6-9-21(14(13)22)12-4-2-1-3-5-12/h1-5,13,23H,6-11H2. The van der Waals surface area contributed by atoms with Gasteiger partial charge in [0.2, 0.25) is 5.91 Å². The summed E-state index contributed by atoms with van der Waals surface area (Å²) in [4.78, 5) is 16.0. The molecule has 2 heterocycles. The molecule has 0 aliphatic carbocycles. The van der Waals surface area contributed by atoms with Gasteiger partial charge in [-0.15, -0.1) is 0 Å². The molecule has 7 heteroatoms. The Kier molecular flexibility index (Phi) is 4.10. The predicted molar refractivity (Wildman–Crippen MR) is 79.0 cm³/mol. The van der Waals surface area contributed by atoms with Crippen LogP contribution in [0.4, 0.5) is 18.9 Å². The van der Waals surface area contributed by atoms with E-state index in [1.54, 1.807) is 9.80 Å². The average Bonchev–Trinajstić information content (AvgIpc) is 2.90. The third-order valence-corrected chi connectivity index (χ3v) is 4.84. The number of para-hydroxylation sites is 1. The van der Waals surface area contributed by atoms with Crippen LogP contribution in [-0.2, 0) is 4.79 Å². The van der Waals surface area contributed by atoms with Crippen molar-refractivity contribution in [1.29, 1.82) is 0 Å². The van der Waals surface area contributed by atoms with Gasteiger partial charge in [0.25, 0.3) is 0 Å². The summed E-state index contributed by atoms with van der Waals surface area (Å²) in [6.45, 7) is 0.720. The molecule has 1 atom stereocenters. The van der Waals surface area contributed by atoms with Crippen LogP contribution in [0, 0.1) is 0 Å². The highest BCUT2D eigenvalue weighted by Gasteiger charge is 2.55. The van der Waals surface area contributed by atoms with Gasteiger partial charge in [-0.2, -0.15) is 13.2 Å². The Bertz CT molecular complexity index is 568. The maximum atomic E-state index is 12.8. The van der Waals surface area contributed by atoms with Crippen LogP contribution in [0.5, 0.6) is 0 Å². The molecule has 23 heavy (non-hydrogen) atoms. The highest BCUT2D eigenvalue weighted by molar-refractivity contribution is 5.99. The Labute approximate surface area is 132 Å². The van der Waals surface area contributed by atoms with Crippen molar-refractivity contribution in [3.05, 3.63) is 30.3 Å². The molecule has 1 amide bonds. The monoisotopic (exact) mass is 328 g/mol. The lowest BCUT2D eigenvalue weighted by Crippen LogP contribution is -2.56. The molecular formula is C16H19F3N2O2. The molecule has 0 radical (unpaired) electrons. The summed E-state index contributed by atoms with van der Waals surface area (Å²) in [6, 6.07) is 8.86. The van der Waals surface area contributed by atoms with Crippen LogP contribution in [0.15, 0.2) is 30.3 Å². The number of alkyl halides is 3. The lowest BCUT2D eigenvalue weighted by molar-refractivity contribution is -0.273. The summed E-state index contributed by atoms with van der Waals surface area (Å²) < 4.78 is 38.5. The number of nitrogens with zero attached hydrogens (tertiary/aromatic N) is 2. The smallest absolute Gasteiger partial charge is 0.380 e. The molecule has 2 aliphatic heterocycles. The van der Waals surface area contributed by atoms with E-state index in [2.05, 4.69) is 0 Å². The summed E-state index contributed by atoms with van der Waals surface area (Å²) in [6.07, 6.45) is -4.79. The average molecular weight is 328 g/mol. The number of carbonyl (C=O) groups is 1. The Morgan fingerprint density at radius 3 is 2.26 bits per heavy atom. The molecule has 0 bridgehead atoms. The third kappa shape index (κ3) is 2.95. The quantitative estimate of drug-likeness (QED) is 0.905. The summed E-state index contributed by atoms with van der Waals surface area (Å²) >= 11 is 0. The van der Waals surface area contributed by atoms with E-state index < -0.39 is 17.8 Å². The predicted octanol–water partition coefficient (Wildman–Crippen LogP) is 2.18. The van der Waals surface area contributed by atoms with Crippen molar-refractivity contribution in [1.82, 2.24) is 4.90 Å². The zero-order valence-corrected chi connectivity index (χ0v) is 12.6. The van der Waals surface area contributed by atoms with Crippen molar-refractivity contribution in [2.24, 2.45) is 0 Å². The number of amides is 1. The number of benzene rings is 1. The largest absolute Gasteiger partial charge is 0.417 e. The number of aliphatic hydroxyl groups is 1. The van der Waals surface area contributed by atoms with Crippen LogP contribution in [0.1, 0.15) is 19.3 Å². The molecule has 126 valence electrons. The van der Waals surface area contributed by atoms with Crippen LogP contribution in [-0.4, -0.2) is 53.4 Å². The van der Waals surface area contributed by atoms with Gasteiger partial charge in [0.05, 0.1) is 6.04 Å². The maximum absolute atomic E-state index is 12.8. The number of piperidine rings is 1. The van der Waals surface area contributed by atoms with Gasteiger partial charge >= 0.3 is 6.18 Å². The Morgan fingerprint density at radius 2 is 1.70 bits per heavy atom. The molecule has 0 saturated carbocycles. The van der Waals surface area contributed by atoms with E-state index in [0.29, 0.717) is 13.0 Å². The molecule has 4 nitrogen and oxygen atoms in total. The van der Waals surface area contributed by atoms with Crippen LogP contribution in [0.2, 0.25) is 0 Å². The van der Waals surface area contributed by atoms with Crippen LogP contribution in [0.25, 0.3) is 0 Å². The van der Waals surface area contributed by atoms with E-state index in [1.807, 2.05) is 30.3 Å². The van der Waals surface area contributed by atoms with Gasteiger partial charge in [0.15, 0.2) is 5.60 Å². The highest BCUT2D eigenvalue weighted by Crippen LogP contribution is 2.39. The van der Waals surface area contributed by atoms with E-state index >= 15 is 0 Å². The van der Waals surface area contributed by atoms with Crippen molar-refractivity contribution >= 4 is 11.6 Å². The number of likely N-dealkylation sites (tertiary alicyclic amines) is 1. The lowest BCUT2D eigenvalue weighted by atomic mass is 9.90. The molecule has 0 spiro atoms. The minimum atomic E-state index is -4.62. The van der Waals surface area contributed by atoms with Gasteiger partial charge in [-0.1, -0.05) is 18.2 Å². The van der Waals surface area contributed by atoms with E-state index in [-0.39, 0.29) is 31.8 Å². The van der Waals surface area contributed by atoms with Gasteiger partial charge in [0.1, 0.15) is 0 Å². The molecule has 0 aromatic heterocycles. The minimum absolute atomic E-state index is 0.0753. The summed E-state index contributed by atoms with van der Waals surface area (Å²) in [5.41, 5.74) is -1.81. The second-order valence-electron chi connectivity index (χ2n) is 6.20. The second-order valence-corrected chi connectivity index (χ2v) is 6.20. The first-order valence-electron chi connectivity index (χ1n) is 7.71. The van der Waals surface area contributed by atoms with Gasteiger partial charge in [-0.3, -0.25) is 9.69 Å². The third-order valence-electron chi connectivity index (χ3n) is 4.84. The summed E-state index contributed by atoms with van der Waals surface area (Å²) in [5, 5.41) is 9.72. The van der Waals surface area contributed by atoms with Crippen LogP contribution >= 0.6 is 0 Å². The molecule has 2 fully saturated rings. The van der Waals surface area contributed by atoms with Crippen LogP contribution < -0.4 is 4.90 Å². The fourth-order valence-electron chi connectivity index (χ4n) is 3.36. The van der Waals surface area contributed by atoms with Gasteiger partial charge in [0, 0.05) is 25.3 Å². The molecule has 1 aromatic rings. The second kappa shape index (κ2) is 5.79. The summed E-state index contributed by atoms with van der Waals surface area (Å²) in [5.74, 6) is -0.0753. The van der Waals surface area contributed by atoms with Crippen LogP contribution in [0.3, 0.4) is 0 Å². The van der Waals surface area contributed by atoms with E-state index in [0.717, 1.165) is 5.69 Å². The first-order chi connectivity index (χ1) is 10.8.